The molecular formula is C22H25N5O3. The van der Waals surface area contributed by atoms with Crippen molar-refractivity contribution in [2.75, 3.05) is 34.8 Å². The second kappa shape index (κ2) is 7.36. The summed E-state index contributed by atoms with van der Waals surface area (Å²) in [5.41, 5.74) is 1.19. The number of nitrogens with one attached hydrogen (secondary N) is 1. The fourth-order valence-electron chi connectivity index (χ4n) is 4.40. The number of carbonyl (C=O) groups excluding carboxylic acids is 2. The first kappa shape index (κ1) is 19.0. The Labute approximate surface area is 174 Å². The number of pyridine rings is 2. The Morgan fingerprint density at radius 1 is 1.23 bits per heavy atom. The van der Waals surface area contributed by atoms with Gasteiger partial charge in [-0.3, -0.25) is 15.0 Å². The van der Waals surface area contributed by atoms with Crippen molar-refractivity contribution in [3.05, 3.63) is 42.2 Å². The van der Waals surface area contributed by atoms with Gasteiger partial charge in [-0.05, 0) is 55.4 Å². The molecule has 2 N–H and O–H groups in total. The average Bonchev–Trinajstić information content (AvgIpc) is 3.45. The predicted octanol–water partition coefficient (Wildman–Crippen LogP) is 2.84. The number of rotatable bonds is 6. The van der Waals surface area contributed by atoms with Crippen molar-refractivity contribution in [3.63, 3.8) is 0 Å². The normalized spacial score (nSPS) is 20.6. The molecule has 0 spiro atoms. The summed E-state index contributed by atoms with van der Waals surface area (Å²) in [5, 5.41) is 12.3. The zero-order valence-electron chi connectivity index (χ0n) is 16.8. The van der Waals surface area contributed by atoms with Crippen LogP contribution >= 0.6 is 0 Å². The van der Waals surface area contributed by atoms with Crippen LogP contribution in [0.25, 0.3) is 0 Å². The highest BCUT2D eigenvalue weighted by molar-refractivity contribution is 6.05. The average molecular weight is 407 g/mol. The van der Waals surface area contributed by atoms with Crippen LogP contribution in [0, 0.1) is 5.41 Å². The molecule has 1 saturated carbocycles. The summed E-state index contributed by atoms with van der Waals surface area (Å²) < 4.78 is 0. The van der Waals surface area contributed by atoms with E-state index in [-0.39, 0.29) is 29.9 Å². The summed E-state index contributed by atoms with van der Waals surface area (Å²) in [6.07, 6.45) is 5.48. The van der Waals surface area contributed by atoms with Gasteiger partial charge in [0.05, 0.1) is 11.7 Å². The lowest BCUT2D eigenvalue weighted by atomic mass is 9.98. The van der Waals surface area contributed by atoms with Crippen LogP contribution in [0.2, 0.25) is 0 Å². The standard InChI is InChI=1S/C22H25N5O3/c28-14-22(9-10-22)8-6-18(29)16-4-5-17-20(24-16)27(15-7-12-26(17)13-15)21(30)25-19-3-1-2-11-23-19/h1-5,11,15,28H,6-10,12-14H2,(H,23,25,30)/t15-/m0/s1. The van der Waals surface area contributed by atoms with E-state index in [1.165, 1.54) is 0 Å². The smallest absolute Gasteiger partial charge is 0.329 e. The second-order valence-electron chi connectivity index (χ2n) is 8.52. The van der Waals surface area contributed by atoms with E-state index in [1.54, 1.807) is 29.3 Å². The number of amides is 2. The van der Waals surface area contributed by atoms with Crippen molar-refractivity contribution in [1.82, 2.24) is 9.97 Å². The first-order chi connectivity index (χ1) is 14.6. The number of urea groups is 1. The summed E-state index contributed by atoms with van der Waals surface area (Å²) >= 11 is 0. The van der Waals surface area contributed by atoms with Gasteiger partial charge in [-0.1, -0.05) is 6.07 Å². The number of hydrogen-bond acceptors (Lipinski definition) is 6. The van der Waals surface area contributed by atoms with Crippen LogP contribution in [-0.2, 0) is 0 Å². The van der Waals surface area contributed by atoms with Gasteiger partial charge in [-0.25, -0.2) is 14.8 Å². The molecule has 2 aliphatic heterocycles. The van der Waals surface area contributed by atoms with Crippen molar-refractivity contribution >= 4 is 29.1 Å². The highest BCUT2D eigenvalue weighted by atomic mass is 16.3. The van der Waals surface area contributed by atoms with E-state index in [2.05, 4.69) is 20.2 Å². The fourth-order valence-corrected chi connectivity index (χ4v) is 4.40. The molecule has 3 aliphatic rings. The molecule has 0 radical (unpaired) electrons. The van der Waals surface area contributed by atoms with Crippen LogP contribution < -0.4 is 15.1 Å². The Morgan fingerprint density at radius 3 is 2.83 bits per heavy atom. The molecule has 8 nitrogen and oxygen atoms in total. The van der Waals surface area contributed by atoms with Crippen molar-refractivity contribution in [1.29, 1.82) is 0 Å². The number of aliphatic hydroxyl groups is 1. The van der Waals surface area contributed by atoms with E-state index in [0.29, 0.717) is 30.2 Å². The maximum atomic E-state index is 13.1. The number of aromatic nitrogens is 2. The number of fused-ring (bicyclic) bond motifs is 4. The van der Waals surface area contributed by atoms with Crippen LogP contribution in [-0.4, -0.2) is 52.6 Å². The molecule has 30 heavy (non-hydrogen) atoms. The number of hydrogen-bond donors (Lipinski definition) is 2. The first-order valence-electron chi connectivity index (χ1n) is 10.5. The van der Waals surface area contributed by atoms with Crippen LogP contribution in [0.5, 0.6) is 0 Å². The van der Waals surface area contributed by atoms with Gasteiger partial charge in [-0.2, -0.15) is 0 Å². The molecule has 156 valence electrons. The molecule has 0 unspecified atom stereocenters. The Balaban J connectivity index is 1.40. The highest BCUT2D eigenvalue weighted by Crippen LogP contribution is 2.49. The zero-order valence-corrected chi connectivity index (χ0v) is 16.8. The van der Waals surface area contributed by atoms with Crippen molar-refractivity contribution in [2.24, 2.45) is 5.41 Å². The maximum Gasteiger partial charge on any atom is 0.329 e. The van der Waals surface area contributed by atoms with E-state index in [1.807, 2.05) is 12.1 Å². The van der Waals surface area contributed by atoms with Gasteiger partial charge in [0.25, 0.3) is 0 Å². The lowest BCUT2D eigenvalue weighted by Gasteiger charge is -2.35. The van der Waals surface area contributed by atoms with Gasteiger partial charge in [0, 0.05) is 32.3 Å². The summed E-state index contributed by atoms with van der Waals surface area (Å²) in [7, 11) is 0. The summed E-state index contributed by atoms with van der Waals surface area (Å²) in [5.74, 6) is 0.970. The molecule has 2 amide bonds. The summed E-state index contributed by atoms with van der Waals surface area (Å²) in [4.78, 5) is 38.6. The summed E-state index contributed by atoms with van der Waals surface area (Å²) in [6, 6.07) is 8.75. The molecule has 2 bridgehead atoms. The van der Waals surface area contributed by atoms with E-state index >= 15 is 0 Å². The summed E-state index contributed by atoms with van der Waals surface area (Å²) in [6.45, 7) is 1.76. The number of Topliss-reactive ketones (excluding diaryl/α,β-unsaturated/α-hetero) is 1. The lowest BCUT2D eigenvalue weighted by molar-refractivity contribution is 0.0956. The minimum absolute atomic E-state index is 0.0168. The molecule has 2 fully saturated rings. The van der Waals surface area contributed by atoms with Crippen molar-refractivity contribution < 1.29 is 14.7 Å². The second-order valence-corrected chi connectivity index (χ2v) is 8.52. The van der Waals surface area contributed by atoms with Gasteiger partial charge in [0.1, 0.15) is 11.5 Å². The number of ketones is 1. The Bertz CT molecular complexity index is 976. The van der Waals surface area contributed by atoms with Crippen LogP contribution in [0.1, 0.15) is 42.6 Å². The van der Waals surface area contributed by atoms with Crippen LogP contribution in [0.3, 0.4) is 0 Å². The molecule has 4 heterocycles. The van der Waals surface area contributed by atoms with Crippen molar-refractivity contribution in [2.45, 2.75) is 38.1 Å². The number of anilines is 3. The van der Waals surface area contributed by atoms with Gasteiger partial charge in [0.2, 0.25) is 0 Å². The largest absolute Gasteiger partial charge is 0.396 e. The Kier molecular flexibility index (Phi) is 4.66. The molecule has 2 aromatic heterocycles. The van der Waals surface area contributed by atoms with Gasteiger partial charge in [0.15, 0.2) is 11.6 Å². The molecular weight excluding hydrogens is 382 g/mol. The topological polar surface area (TPSA) is 98.7 Å². The Hall–Kier alpha value is -3.00. The number of nitrogens with zero attached hydrogens (tertiary/aromatic N) is 4. The third-order valence-corrected chi connectivity index (χ3v) is 6.53. The molecule has 8 heteroatoms. The third-order valence-electron chi connectivity index (χ3n) is 6.53. The molecule has 1 saturated heterocycles. The van der Waals surface area contributed by atoms with E-state index in [9.17, 15) is 14.7 Å². The van der Waals surface area contributed by atoms with Gasteiger partial charge < -0.3 is 10.0 Å². The minimum atomic E-state index is -0.282. The molecule has 1 atom stereocenters. The number of aliphatic hydroxyl groups excluding tert-OH is 1. The number of carbonyl (C=O) groups is 2. The van der Waals surface area contributed by atoms with E-state index in [0.717, 1.165) is 38.0 Å². The van der Waals surface area contributed by atoms with E-state index in [4.69, 9.17) is 0 Å². The monoisotopic (exact) mass is 407 g/mol. The predicted molar refractivity (Wildman–Crippen MR) is 113 cm³/mol. The van der Waals surface area contributed by atoms with Crippen LogP contribution in [0.4, 0.5) is 22.1 Å². The van der Waals surface area contributed by atoms with Crippen molar-refractivity contribution in [3.8, 4) is 0 Å². The molecule has 0 aromatic carbocycles. The minimum Gasteiger partial charge on any atom is -0.396 e. The zero-order chi connectivity index (χ0) is 20.7. The molecule has 1 aliphatic carbocycles. The van der Waals surface area contributed by atoms with Gasteiger partial charge in [-0.15, -0.1) is 0 Å². The Morgan fingerprint density at radius 2 is 2.10 bits per heavy atom. The third kappa shape index (κ3) is 3.41. The highest BCUT2D eigenvalue weighted by Gasteiger charge is 2.43. The lowest BCUT2D eigenvalue weighted by Crippen LogP contribution is -2.48. The van der Waals surface area contributed by atoms with E-state index < -0.39 is 0 Å². The van der Waals surface area contributed by atoms with Crippen LogP contribution in [0.15, 0.2) is 36.5 Å². The maximum absolute atomic E-state index is 13.1. The molecule has 5 rings (SSSR count). The molecule has 2 aromatic rings. The van der Waals surface area contributed by atoms with Gasteiger partial charge >= 0.3 is 6.03 Å². The SMILES string of the molecule is O=C(CCC1(CO)CC1)c1ccc2c(n1)N(C(=O)Nc1ccccn1)[C@H]1CCN2C1. The first-order valence-corrected chi connectivity index (χ1v) is 10.5. The quantitative estimate of drug-likeness (QED) is 0.715. The fraction of sp³-hybridized carbons (Fsp3) is 0.455.